The predicted molar refractivity (Wildman–Crippen MR) is 84.8 cm³/mol. The van der Waals surface area contributed by atoms with E-state index in [4.69, 9.17) is 10.7 Å². The summed E-state index contributed by atoms with van der Waals surface area (Å²) in [5.41, 5.74) is 10.0. The number of aromatic nitrogens is 2. The van der Waals surface area contributed by atoms with E-state index >= 15 is 0 Å². The SMILES string of the molecule is NCc1cccc2[nH]c(-c3csc4ccccc34)nc12. The van der Waals surface area contributed by atoms with Gasteiger partial charge < -0.3 is 10.7 Å². The summed E-state index contributed by atoms with van der Waals surface area (Å²) in [5.74, 6) is 0.915. The third kappa shape index (κ3) is 1.66. The van der Waals surface area contributed by atoms with Crippen molar-refractivity contribution in [3.8, 4) is 11.4 Å². The smallest absolute Gasteiger partial charge is 0.139 e. The number of aromatic amines is 1. The quantitative estimate of drug-likeness (QED) is 0.584. The zero-order valence-electron chi connectivity index (χ0n) is 10.8. The second-order valence-electron chi connectivity index (χ2n) is 4.75. The first-order chi connectivity index (χ1) is 9.86. The Morgan fingerprint density at radius 2 is 2.00 bits per heavy atom. The van der Waals surface area contributed by atoms with Crippen molar-refractivity contribution < 1.29 is 0 Å². The standard InChI is InChI=1S/C16H13N3S/c17-8-10-4-3-6-13-15(10)19-16(18-13)12-9-20-14-7-2-1-5-11(12)14/h1-7,9H,8,17H2,(H,18,19). The Kier molecular flexibility index (Phi) is 2.58. The van der Waals surface area contributed by atoms with Crippen molar-refractivity contribution in [3.05, 3.63) is 53.4 Å². The molecule has 4 heteroatoms. The Balaban J connectivity index is 1.98. The Hall–Kier alpha value is -2.17. The van der Waals surface area contributed by atoms with Gasteiger partial charge in [0.2, 0.25) is 0 Å². The molecule has 3 N–H and O–H groups in total. The topological polar surface area (TPSA) is 54.7 Å². The molecule has 2 aromatic carbocycles. The third-order valence-corrected chi connectivity index (χ3v) is 4.52. The van der Waals surface area contributed by atoms with Gasteiger partial charge in [-0.05, 0) is 17.7 Å². The highest BCUT2D eigenvalue weighted by Gasteiger charge is 2.11. The number of rotatable bonds is 2. The Morgan fingerprint density at radius 1 is 1.10 bits per heavy atom. The minimum Gasteiger partial charge on any atom is -0.338 e. The number of H-pyrrole nitrogens is 1. The number of nitrogens with one attached hydrogen (secondary N) is 1. The van der Waals surface area contributed by atoms with Gasteiger partial charge in [0.25, 0.3) is 0 Å². The fraction of sp³-hybridized carbons (Fsp3) is 0.0625. The number of hydrogen-bond donors (Lipinski definition) is 2. The molecule has 0 saturated heterocycles. The number of nitrogens with zero attached hydrogens (tertiary/aromatic N) is 1. The van der Waals surface area contributed by atoms with Crippen molar-refractivity contribution >= 4 is 32.5 Å². The molecular formula is C16H13N3S. The van der Waals surface area contributed by atoms with E-state index in [-0.39, 0.29) is 0 Å². The molecule has 0 spiro atoms. The fourth-order valence-electron chi connectivity index (χ4n) is 2.55. The summed E-state index contributed by atoms with van der Waals surface area (Å²) in [6, 6.07) is 14.5. The molecule has 4 rings (SSSR count). The van der Waals surface area contributed by atoms with Gasteiger partial charge in [-0.15, -0.1) is 11.3 Å². The van der Waals surface area contributed by atoms with Crippen LogP contribution in [0.1, 0.15) is 5.56 Å². The van der Waals surface area contributed by atoms with E-state index in [1.165, 1.54) is 10.1 Å². The van der Waals surface area contributed by atoms with Crippen molar-refractivity contribution in [3.63, 3.8) is 0 Å². The second-order valence-corrected chi connectivity index (χ2v) is 5.66. The van der Waals surface area contributed by atoms with E-state index in [0.717, 1.165) is 28.0 Å². The van der Waals surface area contributed by atoms with Gasteiger partial charge in [0.1, 0.15) is 5.82 Å². The molecule has 20 heavy (non-hydrogen) atoms. The molecule has 98 valence electrons. The maximum Gasteiger partial charge on any atom is 0.139 e. The molecule has 3 nitrogen and oxygen atoms in total. The molecule has 0 amide bonds. The van der Waals surface area contributed by atoms with Gasteiger partial charge >= 0.3 is 0 Å². The zero-order valence-corrected chi connectivity index (χ0v) is 11.6. The molecule has 0 atom stereocenters. The molecule has 0 aliphatic heterocycles. The highest BCUT2D eigenvalue weighted by atomic mass is 32.1. The first-order valence-electron chi connectivity index (χ1n) is 6.51. The normalized spacial score (nSPS) is 11.4. The molecule has 2 aromatic heterocycles. The highest BCUT2D eigenvalue weighted by molar-refractivity contribution is 7.17. The number of thiophene rings is 1. The minimum atomic E-state index is 0.506. The number of imidazole rings is 1. The molecule has 0 unspecified atom stereocenters. The number of benzene rings is 2. The minimum absolute atomic E-state index is 0.506. The van der Waals surface area contributed by atoms with Crippen LogP contribution >= 0.6 is 11.3 Å². The Morgan fingerprint density at radius 3 is 2.90 bits per heavy atom. The average Bonchev–Trinajstić information content (AvgIpc) is 3.10. The van der Waals surface area contributed by atoms with Crippen LogP contribution < -0.4 is 5.73 Å². The van der Waals surface area contributed by atoms with E-state index < -0.39 is 0 Å². The highest BCUT2D eigenvalue weighted by Crippen LogP contribution is 2.33. The maximum atomic E-state index is 5.78. The summed E-state index contributed by atoms with van der Waals surface area (Å²) in [6.07, 6.45) is 0. The molecule has 0 fully saturated rings. The van der Waals surface area contributed by atoms with Crippen molar-refractivity contribution in [2.75, 3.05) is 0 Å². The molecule has 0 aliphatic rings. The van der Waals surface area contributed by atoms with Crippen molar-refractivity contribution in [1.82, 2.24) is 9.97 Å². The van der Waals surface area contributed by atoms with Crippen LogP contribution in [0.15, 0.2) is 47.8 Å². The summed E-state index contributed by atoms with van der Waals surface area (Å²) in [6.45, 7) is 0.506. The Bertz CT molecular complexity index is 904. The summed E-state index contributed by atoms with van der Waals surface area (Å²) in [7, 11) is 0. The lowest BCUT2D eigenvalue weighted by molar-refractivity contribution is 1.08. The molecule has 2 heterocycles. The van der Waals surface area contributed by atoms with Gasteiger partial charge in [-0.3, -0.25) is 0 Å². The van der Waals surface area contributed by atoms with Crippen molar-refractivity contribution in [1.29, 1.82) is 0 Å². The van der Waals surface area contributed by atoms with Crippen LogP contribution in [0.4, 0.5) is 0 Å². The monoisotopic (exact) mass is 279 g/mol. The lowest BCUT2D eigenvalue weighted by Gasteiger charge is -1.95. The molecule has 0 bridgehead atoms. The summed E-state index contributed by atoms with van der Waals surface area (Å²) in [4.78, 5) is 8.15. The molecule has 0 radical (unpaired) electrons. The van der Waals surface area contributed by atoms with Crippen LogP contribution in [0.25, 0.3) is 32.5 Å². The maximum absolute atomic E-state index is 5.78. The van der Waals surface area contributed by atoms with E-state index in [0.29, 0.717) is 6.54 Å². The number of fused-ring (bicyclic) bond motifs is 2. The molecule has 0 aliphatic carbocycles. The average molecular weight is 279 g/mol. The number of hydrogen-bond acceptors (Lipinski definition) is 3. The van der Waals surface area contributed by atoms with Crippen molar-refractivity contribution in [2.24, 2.45) is 5.73 Å². The van der Waals surface area contributed by atoms with Gasteiger partial charge in [0, 0.05) is 27.6 Å². The van der Waals surface area contributed by atoms with Crippen LogP contribution in [0.2, 0.25) is 0 Å². The first-order valence-corrected chi connectivity index (χ1v) is 7.39. The van der Waals surface area contributed by atoms with E-state index in [1.807, 2.05) is 18.2 Å². The zero-order chi connectivity index (χ0) is 13.5. The summed E-state index contributed by atoms with van der Waals surface area (Å²) >= 11 is 1.74. The van der Waals surface area contributed by atoms with Crippen LogP contribution in [0.3, 0.4) is 0 Å². The number of nitrogens with two attached hydrogens (primary N) is 1. The summed E-state index contributed by atoms with van der Waals surface area (Å²) in [5, 5.41) is 3.40. The molecule has 4 aromatic rings. The van der Waals surface area contributed by atoms with E-state index in [2.05, 4.69) is 34.6 Å². The van der Waals surface area contributed by atoms with Gasteiger partial charge in [0.05, 0.1) is 11.0 Å². The van der Waals surface area contributed by atoms with E-state index in [1.54, 1.807) is 11.3 Å². The van der Waals surface area contributed by atoms with Crippen LogP contribution in [0, 0.1) is 0 Å². The van der Waals surface area contributed by atoms with Gasteiger partial charge in [-0.2, -0.15) is 0 Å². The largest absolute Gasteiger partial charge is 0.338 e. The van der Waals surface area contributed by atoms with Crippen LogP contribution in [-0.4, -0.2) is 9.97 Å². The fourth-order valence-corrected chi connectivity index (χ4v) is 3.49. The van der Waals surface area contributed by atoms with Crippen LogP contribution in [0.5, 0.6) is 0 Å². The predicted octanol–water partition coefficient (Wildman–Crippen LogP) is 3.90. The van der Waals surface area contributed by atoms with Crippen molar-refractivity contribution in [2.45, 2.75) is 6.54 Å². The molecular weight excluding hydrogens is 266 g/mol. The lowest BCUT2D eigenvalue weighted by Crippen LogP contribution is -1.96. The third-order valence-electron chi connectivity index (χ3n) is 3.55. The first kappa shape index (κ1) is 11.6. The van der Waals surface area contributed by atoms with Gasteiger partial charge in [0.15, 0.2) is 0 Å². The number of para-hydroxylation sites is 1. The molecule has 0 saturated carbocycles. The lowest BCUT2D eigenvalue weighted by atomic mass is 10.2. The van der Waals surface area contributed by atoms with E-state index in [9.17, 15) is 0 Å². The van der Waals surface area contributed by atoms with Gasteiger partial charge in [-0.25, -0.2) is 4.98 Å². The Labute approximate surface area is 120 Å². The summed E-state index contributed by atoms with van der Waals surface area (Å²) < 4.78 is 1.28. The van der Waals surface area contributed by atoms with Crippen LogP contribution in [-0.2, 0) is 6.54 Å². The second kappa shape index (κ2) is 4.44. The van der Waals surface area contributed by atoms with Gasteiger partial charge in [-0.1, -0.05) is 30.3 Å².